The lowest BCUT2D eigenvalue weighted by atomic mass is 10.0. The number of anilines is 1. The summed E-state index contributed by atoms with van der Waals surface area (Å²) in [6.45, 7) is -1.49. The van der Waals surface area contributed by atoms with E-state index in [1.54, 1.807) is 6.07 Å². The Hall–Kier alpha value is -2.61. The van der Waals surface area contributed by atoms with Crippen molar-refractivity contribution in [2.45, 2.75) is 49.2 Å². The minimum Gasteiger partial charge on any atom is -0.483 e. The largest absolute Gasteiger partial charge is 0.483 e. The molecule has 0 spiro atoms. The minimum atomic E-state index is -4.50. The maximum atomic E-state index is 12.3. The van der Waals surface area contributed by atoms with Crippen LogP contribution in [0.3, 0.4) is 0 Å². The minimum absolute atomic E-state index is 0.0860. The molecule has 1 aromatic rings. The number of thioether (sulfide) groups is 1. The average molecular weight is 442 g/mol. The van der Waals surface area contributed by atoms with E-state index in [1.807, 2.05) is 11.8 Å². The number of carbonyl (C=O) groups excluding carboxylic acids is 2. The zero-order chi connectivity index (χ0) is 21.7. The van der Waals surface area contributed by atoms with Gasteiger partial charge in [-0.1, -0.05) is 6.42 Å². The molecule has 7 nitrogen and oxygen atoms in total. The second kappa shape index (κ2) is 9.47. The first-order valence-corrected chi connectivity index (χ1v) is 10.5. The third-order valence-electron chi connectivity index (χ3n) is 4.86. The molecule has 0 unspecified atom stereocenters. The number of benzene rings is 1. The summed E-state index contributed by atoms with van der Waals surface area (Å²) < 4.78 is 41.4. The lowest BCUT2D eigenvalue weighted by Gasteiger charge is -2.16. The number of fused-ring (bicyclic) bond motifs is 1. The molecule has 2 saturated heterocycles. The van der Waals surface area contributed by atoms with Crippen molar-refractivity contribution in [1.82, 2.24) is 10.6 Å². The van der Waals surface area contributed by atoms with Gasteiger partial charge in [0.1, 0.15) is 11.8 Å². The molecular formula is C19H21F3N4O3S. The first kappa shape index (κ1) is 22.1. The Balaban J connectivity index is 1.41. The summed E-state index contributed by atoms with van der Waals surface area (Å²) in [5.41, 5.74) is 0.238. The van der Waals surface area contributed by atoms with Gasteiger partial charge in [0.15, 0.2) is 6.61 Å². The van der Waals surface area contributed by atoms with Gasteiger partial charge in [-0.3, -0.25) is 4.79 Å². The van der Waals surface area contributed by atoms with Crippen LogP contribution >= 0.6 is 11.8 Å². The van der Waals surface area contributed by atoms with Gasteiger partial charge < -0.3 is 20.7 Å². The fourth-order valence-corrected chi connectivity index (χ4v) is 5.02. The Morgan fingerprint density at radius 1 is 1.33 bits per heavy atom. The quantitative estimate of drug-likeness (QED) is 0.424. The fourth-order valence-electron chi connectivity index (χ4n) is 3.48. The Morgan fingerprint density at radius 2 is 2.13 bits per heavy atom. The van der Waals surface area contributed by atoms with Crippen LogP contribution in [0.25, 0.3) is 0 Å². The number of alkyl halides is 3. The topological polar surface area (TPSA) is 103 Å². The van der Waals surface area contributed by atoms with Crippen LogP contribution in [0.5, 0.6) is 5.75 Å². The van der Waals surface area contributed by atoms with Crippen LogP contribution in [0.15, 0.2) is 18.2 Å². The number of hydrogen-bond donors (Lipinski definition) is 3. The standard InChI is InChI=1S/C19H21F3N4O3S/c20-19(21,22)10-29-14-6-5-12(7-11(14)8-23)24-16(27)4-2-1-3-15-17-13(9-30-15)25-18(28)26-17/h5-7,13,15,17H,1-4,9-10H2,(H,24,27)(H2,25,26,28)/t13-,15-,17-/m0/s1. The molecular weight excluding hydrogens is 421 g/mol. The maximum absolute atomic E-state index is 12.3. The Labute approximate surface area is 175 Å². The van der Waals surface area contributed by atoms with Crippen LogP contribution in [0.2, 0.25) is 0 Å². The van der Waals surface area contributed by atoms with E-state index in [0.29, 0.717) is 17.4 Å². The fraction of sp³-hybridized carbons (Fsp3) is 0.526. The highest BCUT2D eigenvalue weighted by molar-refractivity contribution is 8.00. The van der Waals surface area contributed by atoms with Crippen LogP contribution in [0.4, 0.5) is 23.7 Å². The first-order valence-electron chi connectivity index (χ1n) is 9.47. The second-order valence-corrected chi connectivity index (χ2v) is 8.41. The summed E-state index contributed by atoms with van der Waals surface area (Å²) in [4.78, 5) is 23.5. The monoisotopic (exact) mass is 442 g/mol. The van der Waals surface area contributed by atoms with E-state index in [-0.39, 0.29) is 41.8 Å². The highest BCUT2D eigenvalue weighted by atomic mass is 32.2. The number of hydrogen-bond acceptors (Lipinski definition) is 5. The highest BCUT2D eigenvalue weighted by Crippen LogP contribution is 2.33. The highest BCUT2D eigenvalue weighted by Gasteiger charge is 2.42. The van der Waals surface area contributed by atoms with Crippen LogP contribution < -0.4 is 20.7 Å². The number of nitrogens with one attached hydrogen (secondary N) is 3. The van der Waals surface area contributed by atoms with Gasteiger partial charge in [-0.2, -0.15) is 30.2 Å². The summed E-state index contributed by atoms with van der Waals surface area (Å²) in [7, 11) is 0. The van der Waals surface area contributed by atoms with Crippen molar-refractivity contribution >= 4 is 29.4 Å². The van der Waals surface area contributed by atoms with Gasteiger partial charge in [-0.05, 0) is 31.0 Å². The van der Waals surface area contributed by atoms with Gasteiger partial charge in [-0.25, -0.2) is 4.79 Å². The smallest absolute Gasteiger partial charge is 0.422 e. The molecule has 3 rings (SSSR count). The van der Waals surface area contributed by atoms with Gasteiger partial charge in [0.25, 0.3) is 0 Å². The van der Waals surface area contributed by atoms with Crippen LogP contribution in [-0.2, 0) is 4.79 Å². The van der Waals surface area contributed by atoms with Crippen molar-refractivity contribution in [3.05, 3.63) is 23.8 Å². The maximum Gasteiger partial charge on any atom is 0.422 e. The van der Waals surface area contributed by atoms with Gasteiger partial charge in [0, 0.05) is 23.1 Å². The van der Waals surface area contributed by atoms with Crippen LogP contribution in [0.1, 0.15) is 31.2 Å². The molecule has 2 aliphatic rings. The molecule has 0 bridgehead atoms. The third kappa shape index (κ3) is 5.95. The molecule has 0 radical (unpaired) electrons. The number of unbranched alkanes of at least 4 members (excludes halogenated alkanes) is 1. The summed E-state index contributed by atoms with van der Waals surface area (Å²) in [5, 5.41) is 17.9. The molecule has 2 fully saturated rings. The van der Waals surface area contributed by atoms with E-state index in [0.717, 1.165) is 18.6 Å². The lowest BCUT2D eigenvalue weighted by Crippen LogP contribution is -2.36. The number of amides is 3. The Kier molecular flexibility index (Phi) is 6.97. The average Bonchev–Trinajstić information content (AvgIpc) is 3.22. The summed E-state index contributed by atoms with van der Waals surface area (Å²) >= 11 is 1.82. The number of carbonyl (C=O) groups is 2. The lowest BCUT2D eigenvalue weighted by molar-refractivity contribution is -0.153. The number of nitriles is 1. The summed E-state index contributed by atoms with van der Waals surface area (Å²) in [5.74, 6) is 0.461. The van der Waals surface area contributed by atoms with E-state index in [1.165, 1.54) is 18.2 Å². The molecule has 11 heteroatoms. The van der Waals surface area contributed by atoms with Crippen LogP contribution in [0, 0.1) is 11.3 Å². The van der Waals surface area contributed by atoms with Gasteiger partial charge in [0.05, 0.1) is 17.6 Å². The van der Waals surface area contributed by atoms with Crippen molar-refractivity contribution in [2.24, 2.45) is 0 Å². The van der Waals surface area contributed by atoms with Crippen molar-refractivity contribution in [2.75, 3.05) is 17.7 Å². The number of ether oxygens (including phenoxy) is 1. The van der Waals surface area contributed by atoms with E-state index in [9.17, 15) is 22.8 Å². The van der Waals surface area contributed by atoms with E-state index in [2.05, 4.69) is 20.7 Å². The van der Waals surface area contributed by atoms with Gasteiger partial charge >= 0.3 is 12.2 Å². The predicted octanol–water partition coefficient (Wildman–Crippen LogP) is 3.16. The molecule has 30 heavy (non-hydrogen) atoms. The number of rotatable bonds is 8. The second-order valence-electron chi connectivity index (χ2n) is 7.14. The summed E-state index contributed by atoms with van der Waals surface area (Å²) in [6.07, 6.45) is -1.83. The molecule has 2 heterocycles. The SMILES string of the molecule is N#Cc1cc(NC(=O)CCCC[C@@H]2SC[C@@H]3NC(=O)N[C@@H]32)ccc1OCC(F)(F)F. The molecule has 3 N–H and O–H groups in total. The van der Waals surface area contributed by atoms with Crippen molar-refractivity contribution in [3.8, 4) is 11.8 Å². The number of nitrogens with zero attached hydrogens (tertiary/aromatic N) is 1. The molecule has 0 saturated carbocycles. The van der Waals surface area contributed by atoms with Crippen LogP contribution in [-0.4, -0.2) is 47.8 Å². The number of urea groups is 1. The number of halogens is 3. The molecule has 2 aliphatic heterocycles. The molecule has 0 aliphatic carbocycles. The molecule has 1 aromatic carbocycles. The Morgan fingerprint density at radius 3 is 2.87 bits per heavy atom. The van der Waals surface area contributed by atoms with E-state index < -0.39 is 12.8 Å². The molecule has 3 amide bonds. The Bertz CT molecular complexity index is 843. The molecule has 0 aromatic heterocycles. The summed E-state index contributed by atoms with van der Waals surface area (Å²) in [6, 6.07) is 5.88. The molecule has 162 valence electrons. The van der Waals surface area contributed by atoms with Crippen molar-refractivity contribution in [3.63, 3.8) is 0 Å². The zero-order valence-electron chi connectivity index (χ0n) is 15.9. The van der Waals surface area contributed by atoms with E-state index >= 15 is 0 Å². The third-order valence-corrected chi connectivity index (χ3v) is 6.36. The normalized spacial score (nSPS) is 22.6. The first-order chi connectivity index (χ1) is 14.2. The predicted molar refractivity (Wildman–Crippen MR) is 105 cm³/mol. The zero-order valence-corrected chi connectivity index (χ0v) is 16.7. The van der Waals surface area contributed by atoms with Crippen molar-refractivity contribution in [1.29, 1.82) is 5.26 Å². The van der Waals surface area contributed by atoms with E-state index in [4.69, 9.17) is 5.26 Å². The van der Waals surface area contributed by atoms with Gasteiger partial charge in [0.2, 0.25) is 5.91 Å². The van der Waals surface area contributed by atoms with Crippen molar-refractivity contribution < 1.29 is 27.5 Å². The van der Waals surface area contributed by atoms with Gasteiger partial charge in [-0.15, -0.1) is 0 Å². The molecule has 3 atom stereocenters.